The van der Waals surface area contributed by atoms with Crippen LogP contribution in [-0.4, -0.2) is 20.4 Å². The molecule has 1 aromatic heterocycles. The average Bonchev–Trinajstić information content (AvgIpc) is 2.47. The standard InChI is InChI=1S/C13H12N4O2S/c1-17(11-4-2-10(8-14)3-5-11)20(18,19)12-6-7-13(15)16-9-12/h2-7,9H,1H3,(H2,15,16). The molecule has 1 aromatic carbocycles. The highest BCUT2D eigenvalue weighted by Gasteiger charge is 2.21. The zero-order valence-electron chi connectivity index (χ0n) is 10.7. The van der Waals surface area contributed by atoms with Gasteiger partial charge in [-0.25, -0.2) is 13.4 Å². The first-order chi connectivity index (χ1) is 9.45. The van der Waals surface area contributed by atoms with Gasteiger partial charge in [-0.2, -0.15) is 5.26 Å². The number of aromatic nitrogens is 1. The summed E-state index contributed by atoms with van der Waals surface area (Å²) in [5.41, 5.74) is 6.36. The fourth-order valence-corrected chi connectivity index (χ4v) is 2.73. The minimum atomic E-state index is -3.70. The molecule has 2 rings (SSSR count). The number of benzene rings is 1. The van der Waals surface area contributed by atoms with Gasteiger partial charge in [-0.05, 0) is 36.4 Å². The van der Waals surface area contributed by atoms with E-state index in [-0.39, 0.29) is 10.7 Å². The average molecular weight is 288 g/mol. The molecule has 6 nitrogen and oxygen atoms in total. The Balaban J connectivity index is 2.38. The van der Waals surface area contributed by atoms with Gasteiger partial charge in [0.15, 0.2) is 0 Å². The minimum Gasteiger partial charge on any atom is -0.384 e. The van der Waals surface area contributed by atoms with Gasteiger partial charge in [-0.3, -0.25) is 4.31 Å². The second-order valence-corrected chi connectivity index (χ2v) is 6.02. The highest BCUT2D eigenvalue weighted by Crippen LogP contribution is 2.22. The maximum atomic E-state index is 12.4. The van der Waals surface area contributed by atoms with E-state index in [4.69, 9.17) is 11.0 Å². The maximum Gasteiger partial charge on any atom is 0.265 e. The monoisotopic (exact) mass is 288 g/mol. The van der Waals surface area contributed by atoms with Crippen molar-refractivity contribution < 1.29 is 8.42 Å². The molecular formula is C13H12N4O2S. The van der Waals surface area contributed by atoms with E-state index in [1.54, 1.807) is 24.3 Å². The van der Waals surface area contributed by atoms with Crippen LogP contribution in [0.2, 0.25) is 0 Å². The molecule has 0 radical (unpaired) electrons. The number of hydrogen-bond acceptors (Lipinski definition) is 5. The van der Waals surface area contributed by atoms with Crippen LogP contribution in [0.15, 0.2) is 47.5 Å². The first-order valence-electron chi connectivity index (χ1n) is 5.66. The predicted octanol–water partition coefficient (Wildman–Crippen LogP) is 1.36. The molecule has 0 fully saturated rings. The van der Waals surface area contributed by atoms with Crippen molar-refractivity contribution in [1.82, 2.24) is 4.98 Å². The summed E-state index contributed by atoms with van der Waals surface area (Å²) in [5, 5.41) is 8.73. The third-order valence-corrected chi connectivity index (χ3v) is 4.55. The summed E-state index contributed by atoms with van der Waals surface area (Å²) >= 11 is 0. The van der Waals surface area contributed by atoms with Crippen LogP contribution in [0.5, 0.6) is 0 Å². The summed E-state index contributed by atoms with van der Waals surface area (Å²) < 4.78 is 25.9. The lowest BCUT2D eigenvalue weighted by atomic mass is 10.2. The zero-order valence-corrected chi connectivity index (χ0v) is 11.5. The second-order valence-electron chi connectivity index (χ2n) is 4.05. The zero-order chi connectivity index (χ0) is 14.8. The van der Waals surface area contributed by atoms with Crippen molar-refractivity contribution in [3.05, 3.63) is 48.2 Å². The van der Waals surface area contributed by atoms with Crippen molar-refractivity contribution in [3.8, 4) is 6.07 Å². The van der Waals surface area contributed by atoms with Gasteiger partial charge in [-0.15, -0.1) is 0 Å². The topological polar surface area (TPSA) is 100 Å². The third kappa shape index (κ3) is 2.55. The van der Waals surface area contributed by atoms with E-state index >= 15 is 0 Å². The molecule has 0 saturated heterocycles. The first-order valence-corrected chi connectivity index (χ1v) is 7.10. The Morgan fingerprint density at radius 1 is 1.20 bits per heavy atom. The highest BCUT2D eigenvalue weighted by molar-refractivity contribution is 7.92. The molecule has 2 aromatic rings. The summed E-state index contributed by atoms with van der Waals surface area (Å²) in [5.74, 6) is 0.255. The fraction of sp³-hybridized carbons (Fsp3) is 0.0769. The van der Waals surface area contributed by atoms with Gasteiger partial charge in [-0.1, -0.05) is 0 Å². The SMILES string of the molecule is CN(c1ccc(C#N)cc1)S(=O)(=O)c1ccc(N)nc1. The van der Waals surface area contributed by atoms with Crippen LogP contribution in [0.25, 0.3) is 0 Å². The quantitative estimate of drug-likeness (QED) is 0.919. The van der Waals surface area contributed by atoms with Crippen LogP contribution in [0.1, 0.15) is 5.56 Å². The molecule has 0 aliphatic carbocycles. The Morgan fingerprint density at radius 3 is 2.35 bits per heavy atom. The van der Waals surface area contributed by atoms with Crippen molar-refractivity contribution >= 4 is 21.5 Å². The van der Waals surface area contributed by atoms with Gasteiger partial charge < -0.3 is 5.73 Å². The molecule has 0 spiro atoms. The summed E-state index contributed by atoms with van der Waals surface area (Å²) in [4.78, 5) is 3.83. The predicted molar refractivity (Wildman–Crippen MR) is 75.4 cm³/mol. The van der Waals surface area contributed by atoms with Crippen LogP contribution in [0.4, 0.5) is 11.5 Å². The van der Waals surface area contributed by atoms with E-state index in [9.17, 15) is 8.42 Å². The van der Waals surface area contributed by atoms with Crippen LogP contribution >= 0.6 is 0 Å². The lowest BCUT2D eigenvalue weighted by molar-refractivity contribution is 0.594. The van der Waals surface area contributed by atoms with Gasteiger partial charge in [0.25, 0.3) is 10.0 Å². The van der Waals surface area contributed by atoms with E-state index in [1.165, 1.54) is 25.4 Å². The Hall–Kier alpha value is -2.59. The van der Waals surface area contributed by atoms with Crippen molar-refractivity contribution in [2.75, 3.05) is 17.1 Å². The lowest BCUT2D eigenvalue weighted by Gasteiger charge is -2.19. The minimum absolute atomic E-state index is 0.0542. The van der Waals surface area contributed by atoms with Gasteiger partial charge >= 0.3 is 0 Å². The van der Waals surface area contributed by atoms with Gasteiger partial charge in [0.2, 0.25) is 0 Å². The van der Waals surface area contributed by atoms with E-state index in [0.717, 1.165) is 4.31 Å². The van der Waals surface area contributed by atoms with Gasteiger partial charge in [0.05, 0.1) is 17.3 Å². The van der Waals surface area contributed by atoms with Crippen molar-refractivity contribution in [2.24, 2.45) is 0 Å². The molecule has 2 N–H and O–H groups in total. The molecule has 20 heavy (non-hydrogen) atoms. The lowest BCUT2D eigenvalue weighted by Crippen LogP contribution is -2.26. The Labute approximate surface area is 117 Å². The largest absolute Gasteiger partial charge is 0.384 e. The number of nitrogens with two attached hydrogens (primary N) is 1. The summed E-state index contributed by atoms with van der Waals surface area (Å²) in [7, 11) is -2.26. The fourth-order valence-electron chi connectivity index (χ4n) is 1.59. The number of anilines is 2. The molecule has 0 unspecified atom stereocenters. The second kappa shape index (κ2) is 5.19. The molecule has 0 aliphatic heterocycles. The Kier molecular flexibility index (Phi) is 3.59. The van der Waals surface area contributed by atoms with Crippen molar-refractivity contribution in [2.45, 2.75) is 4.90 Å². The van der Waals surface area contributed by atoms with Crippen LogP contribution < -0.4 is 10.0 Å². The number of nitrogen functional groups attached to an aromatic ring is 1. The molecule has 0 atom stereocenters. The van der Waals surface area contributed by atoms with E-state index in [0.29, 0.717) is 11.3 Å². The highest BCUT2D eigenvalue weighted by atomic mass is 32.2. The summed E-state index contributed by atoms with van der Waals surface area (Å²) in [6.45, 7) is 0. The number of pyridine rings is 1. The Bertz CT molecular complexity index is 746. The number of sulfonamides is 1. The van der Waals surface area contributed by atoms with E-state index in [1.807, 2.05) is 6.07 Å². The van der Waals surface area contributed by atoms with Crippen molar-refractivity contribution in [1.29, 1.82) is 5.26 Å². The normalized spacial score (nSPS) is 10.8. The van der Waals surface area contributed by atoms with Crippen LogP contribution in [-0.2, 0) is 10.0 Å². The molecule has 0 bridgehead atoms. The van der Waals surface area contributed by atoms with Crippen LogP contribution in [0.3, 0.4) is 0 Å². The molecular weight excluding hydrogens is 276 g/mol. The molecule has 1 heterocycles. The number of nitriles is 1. The van der Waals surface area contributed by atoms with Crippen LogP contribution in [0, 0.1) is 11.3 Å². The molecule has 0 saturated carbocycles. The Morgan fingerprint density at radius 2 is 1.85 bits per heavy atom. The smallest absolute Gasteiger partial charge is 0.265 e. The van der Waals surface area contributed by atoms with Gasteiger partial charge in [0.1, 0.15) is 10.7 Å². The third-order valence-electron chi connectivity index (χ3n) is 2.78. The molecule has 0 amide bonds. The number of nitrogens with zero attached hydrogens (tertiary/aromatic N) is 3. The number of hydrogen-bond donors (Lipinski definition) is 1. The van der Waals surface area contributed by atoms with Gasteiger partial charge in [0, 0.05) is 13.2 Å². The molecule has 102 valence electrons. The van der Waals surface area contributed by atoms with Crippen molar-refractivity contribution in [3.63, 3.8) is 0 Å². The first kappa shape index (κ1) is 13.8. The number of rotatable bonds is 3. The van der Waals surface area contributed by atoms with E-state index < -0.39 is 10.0 Å². The summed E-state index contributed by atoms with van der Waals surface area (Å²) in [6.07, 6.45) is 1.21. The van der Waals surface area contributed by atoms with E-state index in [2.05, 4.69) is 4.98 Å². The molecule has 0 aliphatic rings. The maximum absolute atomic E-state index is 12.4. The molecule has 7 heteroatoms. The summed E-state index contributed by atoms with van der Waals surface area (Å²) in [6, 6.07) is 11.1.